The van der Waals surface area contributed by atoms with Crippen molar-refractivity contribution in [2.75, 3.05) is 16.8 Å². The van der Waals surface area contributed by atoms with Crippen molar-refractivity contribution >= 4 is 28.1 Å². The van der Waals surface area contributed by atoms with Gasteiger partial charge in [-0.3, -0.25) is 9.00 Å². The van der Waals surface area contributed by atoms with Crippen LogP contribution < -0.4 is 11.1 Å². The molecule has 0 heterocycles. The molecular weight excluding hydrogens is 279 g/mol. The number of nitrogens with one attached hydrogen (secondary N) is 1. The van der Waals surface area contributed by atoms with E-state index < -0.39 is 22.5 Å². The summed E-state index contributed by atoms with van der Waals surface area (Å²) in [4.78, 5) is 11.8. The van der Waals surface area contributed by atoms with E-state index in [2.05, 4.69) is 5.32 Å². The Morgan fingerprint density at radius 2 is 1.95 bits per heavy atom. The molecule has 6 heteroatoms. The molecule has 0 aliphatic carbocycles. The van der Waals surface area contributed by atoms with Crippen molar-refractivity contribution in [3.63, 3.8) is 0 Å². The van der Waals surface area contributed by atoms with E-state index in [9.17, 15) is 13.4 Å². The van der Waals surface area contributed by atoms with Gasteiger partial charge in [0, 0.05) is 11.4 Å². The van der Waals surface area contributed by atoms with Crippen LogP contribution in [0, 0.1) is 5.82 Å². The van der Waals surface area contributed by atoms with E-state index in [1.807, 2.05) is 0 Å². The number of halogens is 1. The van der Waals surface area contributed by atoms with Gasteiger partial charge in [0.1, 0.15) is 11.6 Å². The van der Waals surface area contributed by atoms with E-state index in [4.69, 9.17) is 5.73 Å². The summed E-state index contributed by atoms with van der Waals surface area (Å²) in [6.45, 7) is 0. The van der Waals surface area contributed by atoms with Crippen LogP contribution in [0.2, 0.25) is 0 Å². The van der Waals surface area contributed by atoms with Gasteiger partial charge >= 0.3 is 0 Å². The van der Waals surface area contributed by atoms with E-state index in [1.54, 1.807) is 30.3 Å². The molecule has 2 rings (SSSR count). The predicted molar refractivity (Wildman–Crippen MR) is 77.2 cm³/mol. The number of hydrogen-bond acceptors (Lipinski definition) is 3. The fraction of sp³-hybridized carbons (Fsp3) is 0.0714. The number of carbonyl (C=O) groups is 1. The number of benzene rings is 2. The van der Waals surface area contributed by atoms with Crippen LogP contribution in [0.1, 0.15) is 0 Å². The van der Waals surface area contributed by atoms with Gasteiger partial charge in [-0.25, -0.2) is 4.39 Å². The molecule has 20 heavy (non-hydrogen) atoms. The number of nitrogens with two attached hydrogens (primary N) is 1. The SMILES string of the molecule is Nc1cccc(NC(=O)CS(=O)c2ccccc2F)c1. The van der Waals surface area contributed by atoms with E-state index in [0.717, 1.165) is 0 Å². The Balaban J connectivity index is 2.02. The van der Waals surface area contributed by atoms with E-state index in [-0.39, 0.29) is 10.6 Å². The van der Waals surface area contributed by atoms with Crippen molar-refractivity contribution in [3.05, 3.63) is 54.3 Å². The van der Waals surface area contributed by atoms with Crippen LogP contribution in [0.25, 0.3) is 0 Å². The highest BCUT2D eigenvalue weighted by molar-refractivity contribution is 7.85. The summed E-state index contributed by atoms with van der Waals surface area (Å²) >= 11 is 0. The number of amides is 1. The number of carbonyl (C=O) groups excluding carboxylic acids is 1. The van der Waals surface area contributed by atoms with E-state index in [0.29, 0.717) is 11.4 Å². The zero-order valence-electron chi connectivity index (χ0n) is 10.5. The van der Waals surface area contributed by atoms with Crippen molar-refractivity contribution in [2.45, 2.75) is 4.90 Å². The van der Waals surface area contributed by atoms with Crippen LogP contribution in [-0.4, -0.2) is 15.9 Å². The molecule has 1 unspecified atom stereocenters. The zero-order chi connectivity index (χ0) is 14.5. The first-order valence-corrected chi connectivity index (χ1v) is 7.16. The Labute approximate surface area is 118 Å². The van der Waals surface area contributed by atoms with E-state index >= 15 is 0 Å². The second kappa shape index (κ2) is 6.29. The minimum absolute atomic E-state index is 0.0234. The monoisotopic (exact) mass is 292 g/mol. The first kappa shape index (κ1) is 14.2. The smallest absolute Gasteiger partial charge is 0.237 e. The number of nitrogen functional groups attached to an aromatic ring is 1. The third-order valence-corrected chi connectivity index (χ3v) is 3.86. The van der Waals surface area contributed by atoms with Crippen LogP contribution in [0.15, 0.2) is 53.4 Å². The molecule has 0 saturated heterocycles. The lowest BCUT2D eigenvalue weighted by Gasteiger charge is -2.06. The van der Waals surface area contributed by atoms with Gasteiger partial charge in [-0.05, 0) is 30.3 Å². The lowest BCUT2D eigenvalue weighted by molar-refractivity contribution is -0.113. The molecule has 0 aromatic heterocycles. The fourth-order valence-corrected chi connectivity index (χ4v) is 2.62. The normalized spacial score (nSPS) is 11.8. The molecule has 0 aliphatic rings. The molecule has 2 aromatic carbocycles. The molecule has 0 fully saturated rings. The average Bonchev–Trinajstić information content (AvgIpc) is 2.38. The van der Waals surface area contributed by atoms with Gasteiger partial charge in [-0.15, -0.1) is 0 Å². The Bertz CT molecular complexity index is 661. The Morgan fingerprint density at radius 3 is 2.65 bits per heavy atom. The average molecular weight is 292 g/mol. The number of rotatable bonds is 4. The lowest BCUT2D eigenvalue weighted by Crippen LogP contribution is -2.20. The Kier molecular flexibility index (Phi) is 4.47. The summed E-state index contributed by atoms with van der Waals surface area (Å²) in [5.41, 5.74) is 6.61. The molecule has 3 N–H and O–H groups in total. The van der Waals surface area contributed by atoms with Crippen LogP contribution in [0.4, 0.5) is 15.8 Å². The standard InChI is InChI=1S/C14H13FN2O2S/c15-12-6-1-2-7-13(12)20(19)9-14(18)17-11-5-3-4-10(16)8-11/h1-8H,9,16H2,(H,17,18). The fourth-order valence-electron chi connectivity index (χ4n) is 1.64. The van der Waals surface area contributed by atoms with Gasteiger partial charge in [0.25, 0.3) is 0 Å². The second-order valence-electron chi connectivity index (χ2n) is 4.09. The highest BCUT2D eigenvalue weighted by Crippen LogP contribution is 2.14. The first-order chi connectivity index (χ1) is 9.56. The minimum Gasteiger partial charge on any atom is -0.399 e. The molecule has 0 bridgehead atoms. The highest BCUT2D eigenvalue weighted by Gasteiger charge is 2.13. The quantitative estimate of drug-likeness (QED) is 0.848. The Hall–Kier alpha value is -2.21. The maximum absolute atomic E-state index is 13.4. The van der Waals surface area contributed by atoms with E-state index in [1.165, 1.54) is 18.2 Å². The van der Waals surface area contributed by atoms with Gasteiger partial charge in [0.15, 0.2) is 0 Å². The summed E-state index contributed by atoms with van der Waals surface area (Å²) in [5, 5.41) is 2.57. The van der Waals surface area contributed by atoms with Crippen molar-refractivity contribution in [2.24, 2.45) is 0 Å². The molecule has 0 spiro atoms. The maximum Gasteiger partial charge on any atom is 0.237 e. The molecule has 0 saturated carbocycles. The molecular formula is C14H13FN2O2S. The topological polar surface area (TPSA) is 72.2 Å². The molecule has 1 atom stereocenters. The molecule has 2 aromatic rings. The molecule has 104 valence electrons. The summed E-state index contributed by atoms with van der Waals surface area (Å²) in [6.07, 6.45) is 0. The summed E-state index contributed by atoms with van der Waals surface area (Å²) < 4.78 is 25.3. The third kappa shape index (κ3) is 3.64. The highest BCUT2D eigenvalue weighted by atomic mass is 32.2. The zero-order valence-corrected chi connectivity index (χ0v) is 11.3. The first-order valence-electron chi connectivity index (χ1n) is 5.84. The molecule has 0 aliphatic heterocycles. The van der Waals surface area contributed by atoms with Gasteiger partial charge in [0.05, 0.1) is 15.7 Å². The van der Waals surface area contributed by atoms with Crippen molar-refractivity contribution in [3.8, 4) is 0 Å². The minimum atomic E-state index is -1.72. The van der Waals surface area contributed by atoms with Crippen molar-refractivity contribution < 1.29 is 13.4 Å². The van der Waals surface area contributed by atoms with Gasteiger partial charge in [-0.1, -0.05) is 18.2 Å². The molecule has 1 amide bonds. The number of anilines is 2. The van der Waals surface area contributed by atoms with Gasteiger partial charge in [0.2, 0.25) is 5.91 Å². The predicted octanol–water partition coefficient (Wildman–Crippen LogP) is 2.15. The van der Waals surface area contributed by atoms with Crippen LogP contribution in [0.5, 0.6) is 0 Å². The van der Waals surface area contributed by atoms with Crippen LogP contribution in [0.3, 0.4) is 0 Å². The van der Waals surface area contributed by atoms with Gasteiger partial charge < -0.3 is 11.1 Å². The lowest BCUT2D eigenvalue weighted by atomic mass is 10.3. The summed E-state index contributed by atoms with van der Waals surface area (Å²) in [5.74, 6) is -1.35. The summed E-state index contributed by atoms with van der Waals surface area (Å²) in [7, 11) is -1.72. The number of hydrogen-bond donors (Lipinski definition) is 2. The molecule has 4 nitrogen and oxygen atoms in total. The molecule has 0 radical (unpaired) electrons. The largest absolute Gasteiger partial charge is 0.399 e. The summed E-state index contributed by atoms with van der Waals surface area (Å²) in [6, 6.07) is 12.3. The Morgan fingerprint density at radius 1 is 1.20 bits per heavy atom. The second-order valence-corrected chi connectivity index (χ2v) is 5.51. The third-order valence-electron chi connectivity index (χ3n) is 2.51. The van der Waals surface area contributed by atoms with Crippen LogP contribution >= 0.6 is 0 Å². The van der Waals surface area contributed by atoms with Gasteiger partial charge in [-0.2, -0.15) is 0 Å². The van der Waals surface area contributed by atoms with Crippen molar-refractivity contribution in [1.29, 1.82) is 0 Å². The van der Waals surface area contributed by atoms with Crippen LogP contribution in [-0.2, 0) is 15.6 Å². The maximum atomic E-state index is 13.4. The van der Waals surface area contributed by atoms with Crippen molar-refractivity contribution in [1.82, 2.24) is 0 Å².